The third-order valence-corrected chi connectivity index (χ3v) is 3.13. The molecule has 0 saturated heterocycles. The van der Waals surface area contributed by atoms with Gasteiger partial charge in [-0.05, 0) is 30.3 Å². The Morgan fingerprint density at radius 2 is 2.22 bits per heavy atom. The second-order valence-corrected chi connectivity index (χ2v) is 4.96. The SMILES string of the molecule is O=C(NCc1cccnn1)c1ccc(Br)cc1S. The molecule has 0 spiro atoms. The van der Waals surface area contributed by atoms with Crippen LogP contribution in [0.4, 0.5) is 0 Å². The first-order chi connectivity index (χ1) is 8.66. The zero-order chi connectivity index (χ0) is 13.0. The van der Waals surface area contributed by atoms with Gasteiger partial charge in [0, 0.05) is 15.6 Å². The Bertz CT molecular complexity index is 563. The van der Waals surface area contributed by atoms with Gasteiger partial charge in [-0.25, -0.2) is 0 Å². The second kappa shape index (κ2) is 5.97. The molecule has 2 rings (SSSR count). The van der Waals surface area contributed by atoms with E-state index in [0.717, 1.165) is 4.47 Å². The molecule has 0 aliphatic rings. The predicted molar refractivity (Wildman–Crippen MR) is 74.6 cm³/mol. The fourth-order valence-electron chi connectivity index (χ4n) is 1.39. The molecule has 0 aliphatic carbocycles. The highest BCUT2D eigenvalue weighted by Gasteiger charge is 2.09. The summed E-state index contributed by atoms with van der Waals surface area (Å²) < 4.78 is 0.887. The van der Waals surface area contributed by atoms with Gasteiger partial charge in [0.2, 0.25) is 0 Å². The van der Waals surface area contributed by atoms with Crippen LogP contribution in [0.3, 0.4) is 0 Å². The van der Waals surface area contributed by atoms with Gasteiger partial charge < -0.3 is 5.32 Å². The van der Waals surface area contributed by atoms with Crippen LogP contribution in [0.5, 0.6) is 0 Å². The molecular weight excluding hydrogens is 314 g/mol. The van der Waals surface area contributed by atoms with Crippen molar-refractivity contribution in [3.8, 4) is 0 Å². The van der Waals surface area contributed by atoms with Crippen LogP contribution in [0, 0.1) is 0 Å². The van der Waals surface area contributed by atoms with Gasteiger partial charge >= 0.3 is 0 Å². The molecule has 1 N–H and O–H groups in total. The molecule has 0 saturated carbocycles. The maximum atomic E-state index is 11.9. The number of carbonyl (C=O) groups is 1. The summed E-state index contributed by atoms with van der Waals surface area (Å²) in [5, 5.41) is 10.4. The van der Waals surface area contributed by atoms with Crippen LogP contribution in [0.25, 0.3) is 0 Å². The summed E-state index contributed by atoms with van der Waals surface area (Å²) in [5.74, 6) is -0.182. The van der Waals surface area contributed by atoms with Crippen molar-refractivity contribution in [2.75, 3.05) is 0 Å². The largest absolute Gasteiger partial charge is 0.346 e. The first-order valence-corrected chi connectivity index (χ1v) is 6.44. The zero-order valence-corrected chi connectivity index (χ0v) is 11.8. The minimum Gasteiger partial charge on any atom is -0.346 e. The first-order valence-electron chi connectivity index (χ1n) is 5.20. The van der Waals surface area contributed by atoms with Gasteiger partial charge in [0.1, 0.15) is 0 Å². The van der Waals surface area contributed by atoms with E-state index in [9.17, 15) is 4.79 Å². The van der Waals surface area contributed by atoms with Gasteiger partial charge in [-0.1, -0.05) is 15.9 Å². The van der Waals surface area contributed by atoms with E-state index in [-0.39, 0.29) is 5.91 Å². The molecule has 18 heavy (non-hydrogen) atoms. The molecule has 0 atom stereocenters. The number of hydrogen-bond acceptors (Lipinski definition) is 4. The molecule has 1 amide bonds. The molecule has 4 nitrogen and oxygen atoms in total. The Morgan fingerprint density at radius 3 is 2.89 bits per heavy atom. The lowest BCUT2D eigenvalue weighted by atomic mass is 10.2. The Labute approximate surface area is 118 Å². The number of carbonyl (C=O) groups excluding carboxylic acids is 1. The summed E-state index contributed by atoms with van der Waals surface area (Å²) in [6, 6.07) is 8.88. The van der Waals surface area contributed by atoms with Crippen LogP contribution in [0.15, 0.2) is 45.9 Å². The number of nitrogens with one attached hydrogen (secondary N) is 1. The number of thiol groups is 1. The summed E-state index contributed by atoms with van der Waals surface area (Å²) in [6.45, 7) is 0.343. The van der Waals surface area contributed by atoms with Crippen LogP contribution in [0.2, 0.25) is 0 Å². The number of aromatic nitrogens is 2. The van der Waals surface area contributed by atoms with E-state index in [4.69, 9.17) is 0 Å². The van der Waals surface area contributed by atoms with Crippen molar-refractivity contribution < 1.29 is 4.79 Å². The highest BCUT2D eigenvalue weighted by atomic mass is 79.9. The van der Waals surface area contributed by atoms with Gasteiger partial charge in [-0.2, -0.15) is 10.2 Å². The van der Waals surface area contributed by atoms with Crippen LogP contribution >= 0.6 is 28.6 Å². The summed E-state index contributed by atoms with van der Waals surface area (Å²) in [5.41, 5.74) is 1.24. The predicted octanol–water partition coefficient (Wildman–Crippen LogP) is 2.46. The lowest BCUT2D eigenvalue weighted by molar-refractivity contribution is 0.0947. The Hall–Kier alpha value is -1.40. The van der Waals surface area contributed by atoms with E-state index in [2.05, 4.69) is 44.1 Å². The first kappa shape index (κ1) is 13.0. The number of benzene rings is 1. The average Bonchev–Trinajstić information content (AvgIpc) is 2.37. The minimum absolute atomic E-state index is 0.182. The second-order valence-electron chi connectivity index (χ2n) is 3.56. The average molecular weight is 324 g/mol. The van der Waals surface area contributed by atoms with Crippen molar-refractivity contribution in [3.63, 3.8) is 0 Å². The molecule has 0 unspecified atom stereocenters. The van der Waals surface area contributed by atoms with E-state index >= 15 is 0 Å². The fraction of sp³-hybridized carbons (Fsp3) is 0.0833. The Balaban J connectivity index is 2.04. The van der Waals surface area contributed by atoms with E-state index < -0.39 is 0 Å². The molecule has 1 aromatic carbocycles. The van der Waals surface area contributed by atoms with Crippen LogP contribution in [-0.4, -0.2) is 16.1 Å². The van der Waals surface area contributed by atoms with Crippen molar-refractivity contribution in [1.29, 1.82) is 0 Å². The molecule has 0 bridgehead atoms. The summed E-state index contributed by atoms with van der Waals surface area (Å²) >= 11 is 7.59. The molecule has 0 aliphatic heterocycles. The molecule has 92 valence electrons. The molecule has 0 radical (unpaired) electrons. The summed E-state index contributed by atoms with van der Waals surface area (Å²) in [7, 11) is 0. The van der Waals surface area contributed by atoms with E-state index in [1.165, 1.54) is 0 Å². The smallest absolute Gasteiger partial charge is 0.252 e. The summed E-state index contributed by atoms with van der Waals surface area (Å²) in [6.07, 6.45) is 1.59. The number of rotatable bonds is 3. The van der Waals surface area contributed by atoms with Gasteiger partial charge in [0.15, 0.2) is 0 Å². The monoisotopic (exact) mass is 323 g/mol. The highest BCUT2D eigenvalue weighted by molar-refractivity contribution is 9.10. The number of nitrogens with zero attached hydrogens (tertiary/aromatic N) is 2. The van der Waals surface area contributed by atoms with Crippen molar-refractivity contribution in [1.82, 2.24) is 15.5 Å². The Kier molecular flexibility index (Phi) is 4.33. The molecule has 1 aromatic heterocycles. The van der Waals surface area contributed by atoms with Gasteiger partial charge in [0.05, 0.1) is 17.8 Å². The summed E-state index contributed by atoms with van der Waals surface area (Å²) in [4.78, 5) is 12.6. The number of halogens is 1. The maximum absolute atomic E-state index is 11.9. The molecule has 1 heterocycles. The van der Waals surface area contributed by atoms with Gasteiger partial charge in [-0.3, -0.25) is 4.79 Å². The van der Waals surface area contributed by atoms with Crippen molar-refractivity contribution in [2.24, 2.45) is 0 Å². The van der Waals surface area contributed by atoms with E-state index in [0.29, 0.717) is 22.7 Å². The minimum atomic E-state index is -0.182. The molecular formula is C12H10BrN3OS. The van der Waals surface area contributed by atoms with Crippen molar-refractivity contribution in [2.45, 2.75) is 11.4 Å². The van der Waals surface area contributed by atoms with Crippen molar-refractivity contribution in [3.05, 3.63) is 52.3 Å². The van der Waals surface area contributed by atoms with Crippen LogP contribution < -0.4 is 5.32 Å². The Morgan fingerprint density at radius 1 is 1.39 bits per heavy atom. The normalized spacial score (nSPS) is 10.1. The van der Waals surface area contributed by atoms with Gasteiger partial charge in [-0.15, -0.1) is 12.6 Å². The third kappa shape index (κ3) is 3.30. The van der Waals surface area contributed by atoms with Crippen LogP contribution in [0.1, 0.15) is 16.1 Å². The maximum Gasteiger partial charge on any atom is 0.252 e. The number of hydrogen-bond donors (Lipinski definition) is 2. The number of amides is 1. The van der Waals surface area contributed by atoms with Gasteiger partial charge in [0.25, 0.3) is 5.91 Å². The zero-order valence-electron chi connectivity index (χ0n) is 9.30. The standard InChI is InChI=1S/C12H10BrN3OS/c13-8-3-4-10(11(18)6-8)12(17)14-7-9-2-1-5-15-16-9/h1-6,18H,7H2,(H,14,17). The highest BCUT2D eigenvalue weighted by Crippen LogP contribution is 2.19. The molecule has 6 heteroatoms. The fourth-order valence-corrected chi connectivity index (χ4v) is 2.24. The van der Waals surface area contributed by atoms with Crippen molar-refractivity contribution >= 4 is 34.5 Å². The molecule has 0 fully saturated rings. The lowest BCUT2D eigenvalue weighted by Gasteiger charge is -2.06. The lowest BCUT2D eigenvalue weighted by Crippen LogP contribution is -2.23. The molecule has 2 aromatic rings. The van der Waals surface area contributed by atoms with E-state index in [1.807, 2.05) is 0 Å². The van der Waals surface area contributed by atoms with E-state index in [1.54, 1.807) is 36.5 Å². The van der Waals surface area contributed by atoms with Crippen LogP contribution in [-0.2, 0) is 6.54 Å². The topological polar surface area (TPSA) is 54.9 Å². The third-order valence-electron chi connectivity index (χ3n) is 2.26. The quantitative estimate of drug-likeness (QED) is 0.853.